The highest BCUT2D eigenvalue weighted by molar-refractivity contribution is 6.33. The molecule has 2 aromatic rings. The van der Waals surface area contributed by atoms with E-state index < -0.39 is 4.92 Å². The van der Waals surface area contributed by atoms with E-state index in [4.69, 9.17) is 11.6 Å². The van der Waals surface area contributed by atoms with Crippen LogP contribution in [0.5, 0.6) is 0 Å². The van der Waals surface area contributed by atoms with Crippen molar-refractivity contribution < 1.29 is 4.92 Å². The Hall–Kier alpha value is -2.67. The molecule has 1 aromatic carbocycles. The smallest absolute Gasteiger partial charge is 0.313 e. The van der Waals surface area contributed by atoms with E-state index in [-0.39, 0.29) is 17.0 Å². The van der Waals surface area contributed by atoms with Crippen LogP contribution < -0.4 is 10.3 Å². The number of hydrazone groups is 1. The van der Waals surface area contributed by atoms with Crippen molar-refractivity contribution in [3.63, 3.8) is 0 Å². The Morgan fingerprint density at radius 2 is 2.25 bits per heavy atom. The molecule has 0 bridgehead atoms. The third kappa shape index (κ3) is 3.80. The number of pyridine rings is 1. The number of anilines is 2. The molecule has 1 aromatic heterocycles. The Labute approximate surface area is 169 Å². The predicted molar refractivity (Wildman–Crippen MR) is 114 cm³/mol. The van der Waals surface area contributed by atoms with E-state index in [0.29, 0.717) is 10.9 Å². The minimum atomic E-state index is -0.501. The van der Waals surface area contributed by atoms with Crippen molar-refractivity contribution in [1.29, 1.82) is 0 Å². The van der Waals surface area contributed by atoms with E-state index in [1.54, 1.807) is 6.21 Å². The van der Waals surface area contributed by atoms with Crippen LogP contribution in [0, 0.1) is 10.1 Å². The Kier molecular flexibility index (Phi) is 5.56. The van der Waals surface area contributed by atoms with E-state index in [9.17, 15) is 10.1 Å². The van der Waals surface area contributed by atoms with Gasteiger partial charge < -0.3 is 4.90 Å². The van der Waals surface area contributed by atoms with Crippen LogP contribution in [0.25, 0.3) is 0 Å². The molecule has 1 N–H and O–H groups in total. The fourth-order valence-corrected chi connectivity index (χ4v) is 4.22. The second kappa shape index (κ2) is 7.75. The molecule has 0 saturated carbocycles. The van der Waals surface area contributed by atoms with Gasteiger partial charge in [0.2, 0.25) is 5.82 Å². The second-order valence-corrected chi connectivity index (χ2v) is 8.00. The number of rotatable bonds is 5. The van der Waals surface area contributed by atoms with Crippen LogP contribution >= 0.6 is 11.6 Å². The molecule has 1 unspecified atom stereocenters. The summed E-state index contributed by atoms with van der Waals surface area (Å²) in [6, 6.07) is 6.93. The van der Waals surface area contributed by atoms with E-state index >= 15 is 0 Å². The van der Waals surface area contributed by atoms with Crippen molar-refractivity contribution in [1.82, 2.24) is 4.98 Å². The largest absolute Gasteiger partial charge is 0.366 e. The standard InChI is InChI=1S/C20H24ClN5O2/c1-5-25-18-10-16(21)14(9-15(18)13(2)11-20(25,3)4)12-23-24-19-17(26(27)28)7-6-8-22-19/h6-10,12-13H,5,11H2,1-4H3,(H,22,24)/b23-12-. The lowest BCUT2D eigenvalue weighted by Gasteiger charge is -2.47. The highest BCUT2D eigenvalue weighted by Gasteiger charge is 2.35. The molecule has 148 valence electrons. The summed E-state index contributed by atoms with van der Waals surface area (Å²) in [7, 11) is 0. The fourth-order valence-electron chi connectivity index (χ4n) is 4.01. The van der Waals surface area contributed by atoms with E-state index in [0.717, 1.165) is 24.2 Å². The van der Waals surface area contributed by atoms with Gasteiger partial charge in [0.1, 0.15) is 0 Å². The van der Waals surface area contributed by atoms with Gasteiger partial charge in [-0.2, -0.15) is 5.10 Å². The van der Waals surface area contributed by atoms with E-state index in [1.165, 1.54) is 23.9 Å². The molecular weight excluding hydrogens is 378 g/mol. The molecule has 0 saturated heterocycles. The van der Waals surface area contributed by atoms with Crippen molar-refractivity contribution >= 4 is 35.0 Å². The molecule has 0 spiro atoms. The summed E-state index contributed by atoms with van der Waals surface area (Å²) in [5, 5.41) is 15.8. The molecule has 2 heterocycles. The molecule has 0 radical (unpaired) electrons. The van der Waals surface area contributed by atoms with Crippen LogP contribution in [-0.2, 0) is 0 Å². The molecule has 0 fully saturated rings. The minimum Gasteiger partial charge on any atom is -0.366 e. The number of nitrogens with zero attached hydrogens (tertiary/aromatic N) is 4. The lowest BCUT2D eigenvalue weighted by molar-refractivity contribution is -0.384. The number of benzene rings is 1. The molecule has 1 aliphatic rings. The summed E-state index contributed by atoms with van der Waals surface area (Å²) in [5.74, 6) is 0.479. The van der Waals surface area contributed by atoms with Crippen LogP contribution in [0.1, 0.15) is 51.2 Å². The zero-order valence-corrected chi connectivity index (χ0v) is 17.2. The molecule has 8 heteroatoms. The Morgan fingerprint density at radius 3 is 2.93 bits per heavy atom. The number of halogens is 1. The SMILES string of the molecule is CCN1c2cc(Cl)c(/C=N\Nc3ncccc3[N+](=O)[O-])cc2C(C)CC1(C)C. The van der Waals surface area contributed by atoms with Gasteiger partial charge in [0.25, 0.3) is 0 Å². The summed E-state index contributed by atoms with van der Waals surface area (Å²) in [5.41, 5.74) is 5.72. The van der Waals surface area contributed by atoms with Crippen LogP contribution in [-0.4, -0.2) is 28.2 Å². The first-order valence-electron chi connectivity index (χ1n) is 9.24. The quantitative estimate of drug-likeness (QED) is 0.422. The zero-order chi connectivity index (χ0) is 20.5. The van der Waals surface area contributed by atoms with Gasteiger partial charge >= 0.3 is 5.69 Å². The number of hydrogen-bond donors (Lipinski definition) is 1. The first kappa shape index (κ1) is 20.1. The summed E-state index contributed by atoms with van der Waals surface area (Å²) >= 11 is 6.52. The Balaban J connectivity index is 1.90. The number of hydrogen-bond acceptors (Lipinski definition) is 6. The summed E-state index contributed by atoms with van der Waals surface area (Å²) in [4.78, 5) is 16.9. The fraction of sp³-hybridized carbons (Fsp3) is 0.400. The third-order valence-electron chi connectivity index (χ3n) is 5.18. The molecule has 1 aliphatic heterocycles. The molecule has 28 heavy (non-hydrogen) atoms. The van der Waals surface area contributed by atoms with Crippen LogP contribution in [0.15, 0.2) is 35.6 Å². The van der Waals surface area contributed by atoms with Gasteiger partial charge in [0, 0.05) is 35.6 Å². The number of aromatic nitrogens is 1. The highest BCUT2D eigenvalue weighted by atomic mass is 35.5. The summed E-state index contributed by atoms with van der Waals surface area (Å²) < 4.78 is 0. The van der Waals surface area contributed by atoms with Crippen LogP contribution in [0.4, 0.5) is 17.2 Å². The maximum Gasteiger partial charge on any atom is 0.313 e. The maximum absolute atomic E-state index is 11.1. The molecule has 3 rings (SSSR count). The molecule has 1 atom stereocenters. The van der Waals surface area contributed by atoms with Gasteiger partial charge in [-0.1, -0.05) is 18.5 Å². The third-order valence-corrected chi connectivity index (χ3v) is 5.50. The van der Waals surface area contributed by atoms with Gasteiger partial charge in [0.15, 0.2) is 0 Å². The van der Waals surface area contributed by atoms with Gasteiger partial charge in [0.05, 0.1) is 16.2 Å². The zero-order valence-electron chi connectivity index (χ0n) is 16.4. The number of fused-ring (bicyclic) bond motifs is 1. The van der Waals surface area contributed by atoms with Crippen molar-refractivity contribution in [2.45, 2.75) is 45.6 Å². The van der Waals surface area contributed by atoms with Crippen LogP contribution in [0.3, 0.4) is 0 Å². The van der Waals surface area contributed by atoms with E-state index in [1.807, 2.05) is 6.07 Å². The van der Waals surface area contributed by atoms with Crippen molar-refractivity contribution in [3.05, 3.63) is 56.7 Å². The lowest BCUT2D eigenvalue weighted by Crippen LogP contribution is -2.48. The van der Waals surface area contributed by atoms with Crippen molar-refractivity contribution in [2.75, 3.05) is 16.9 Å². The molecular formula is C20H24ClN5O2. The predicted octanol–water partition coefficient (Wildman–Crippen LogP) is 5.20. The summed E-state index contributed by atoms with van der Waals surface area (Å²) in [6.45, 7) is 9.78. The van der Waals surface area contributed by atoms with Gasteiger partial charge in [-0.3, -0.25) is 15.5 Å². The second-order valence-electron chi connectivity index (χ2n) is 7.59. The lowest BCUT2D eigenvalue weighted by atomic mass is 9.79. The maximum atomic E-state index is 11.1. The Morgan fingerprint density at radius 1 is 1.50 bits per heavy atom. The molecule has 0 aliphatic carbocycles. The molecule has 7 nitrogen and oxygen atoms in total. The monoisotopic (exact) mass is 401 g/mol. The first-order valence-corrected chi connectivity index (χ1v) is 9.62. The highest BCUT2D eigenvalue weighted by Crippen LogP contribution is 2.44. The topological polar surface area (TPSA) is 83.7 Å². The minimum absolute atomic E-state index is 0.0690. The summed E-state index contributed by atoms with van der Waals surface area (Å²) in [6.07, 6.45) is 4.09. The normalized spacial score (nSPS) is 18.2. The first-order chi connectivity index (χ1) is 13.2. The Bertz CT molecular complexity index is 929. The van der Waals surface area contributed by atoms with Gasteiger partial charge in [-0.25, -0.2) is 4.98 Å². The van der Waals surface area contributed by atoms with Gasteiger partial charge in [-0.15, -0.1) is 0 Å². The van der Waals surface area contributed by atoms with Crippen molar-refractivity contribution in [2.24, 2.45) is 5.10 Å². The van der Waals surface area contributed by atoms with Crippen molar-refractivity contribution in [3.8, 4) is 0 Å². The van der Waals surface area contributed by atoms with Gasteiger partial charge in [-0.05, 0) is 56.9 Å². The number of nitrogens with one attached hydrogen (secondary N) is 1. The van der Waals surface area contributed by atoms with Crippen LogP contribution in [0.2, 0.25) is 5.02 Å². The number of nitro groups is 1. The van der Waals surface area contributed by atoms with E-state index in [2.05, 4.69) is 54.2 Å². The average Bonchev–Trinajstić information content (AvgIpc) is 2.62. The average molecular weight is 402 g/mol. The molecule has 0 amide bonds.